The summed E-state index contributed by atoms with van der Waals surface area (Å²) in [5.74, 6) is 0. The highest BCUT2D eigenvalue weighted by Crippen LogP contribution is 2.30. The molecule has 3 rings (SSSR count). The fraction of sp³-hybridized carbons (Fsp3) is 0.263. The number of anilines is 1. The summed E-state index contributed by atoms with van der Waals surface area (Å²) in [4.78, 5) is 2.50. The standard InChI is InChI=1S/C19H21N/c1-15-8-11-18-12-13-20(19(18)14-15)16(2)9-10-17-6-4-3-5-7-17/h3-11,14,16H,12-13H2,1-2H3/b10-9+/t16-/m1/s1. The molecule has 1 atom stereocenters. The van der Waals surface area contributed by atoms with Gasteiger partial charge in [-0.2, -0.15) is 0 Å². The molecule has 0 aromatic heterocycles. The van der Waals surface area contributed by atoms with E-state index >= 15 is 0 Å². The maximum absolute atomic E-state index is 2.50. The van der Waals surface area contributed by atoms with E-state index in [0.717, 1.165) is 6.54 Å². The van der Waals surface area contributed by atoms with Crippen molar-refractivity contribution in [3.05, 3.63) is 71.3 Å². The number of hydrogen-bond acceptors (Lipinski definition) is 1. The molecule has 1 nitrogen and oxygen atoms in total. The molecule has 0 fully saturated rings. The largest absolute Gasteiger partial charge is 0.365 e. The Labute approximate surface area is 121 Å². The SMILES string of the molecule is Cc1ccc2c(c1)N([C@H](C)/C=C/c1ccccc1)CC2. The van der Waals surface area contributed by atoms with Gasteiger partial charge in [0, 0.05) is 18.3 Å². The lowest BCUT2D eigenvalue weighted by molar-refractivity contribution is 0.766. The minimum absolute atomic E-state index is 0.429. The van der Waals surface area contributed by atoms with Crippen LogP contribution in [0.15, 0.2) is 54.6 Å². The van der Waals surface area contributed by atoms with Gasteiger partial charge in [-0.25, -0.2) is 0 Å². The van der Waals surface area contributed by atoms with E-state index in [1.165, 1.54) is 28.8 Å². The Morgan fingerprint density at radius 1 is 1.10 bits per heavy atom. The number of hydrogen-bond donors (Lipinski definition) is 0. The molecular formula is C19H21N. The Morgan fingerprint density at radius 2 is 1.90 bits per heavy atom. The molecule has 1 heterocycles. The van der Waals surface area contributed by atoms with Crippen LogP contribution in [0.1, 0.15) is 23.6 Å². The summed E-state index contributed by atoms with van der Waals surface area (Å²) >= 11 is 0. The van der Waals surface area contributed by atoms with Crippen LogP contribution in [0.5, 0.6) is 0 Å². The van der Waals surface area contributed by atoms with Gasteiger partial charge in [0.1, 0.15) is 0 Å². The van der Waals surface area contributed by atoms with Gasteiger partial charge in [-0.15, -0.1) is 0 Å². The van der Waals surface area contributed by atoms with Crippen LogP contribution in [0.2, 0.25) is 0 Å². The van der Waals surface area contributed by atoms with Gasteiger partial charge in [0.25, 0.3) is 0 Å². The normalized spacial score (nSPS) is 15.6. The highest BCUT2D eigenvalue weighted by atomic mass is 15.2. The maximum atomic E-state index is 2.50. The van der Waals surface area contributed by atoms with Crippen LogP contribution in [-0.2, 0) is 6.42 Å². The zero-order valence-electron chi connectivity index (χ0n) is 12.2. The summed E-state index contributed by atoms with van der Waals surface area (Å²) in [6.07, 6.45) is 5.68. The van der Waals surface area contributed by atoms with E-state index in [1.807, 2.05) is 0 Å². The lowest BCUT2D eigenvalue weighted by atomic mass is 10.1. The Balaban J connectivity index is 1.78. The second-order valence-electron chi connectivity index (χ2n) is 5.59. The predicted octanol–water partition coefficient (Wildman–Crippen LogP) is 4.46. The minimum Gasteiger partial charge on any atom is -0.365 e. The quantitative estimate of drug-likeness (QED) is 0.790. The molecule has 1 aliphatic rings. The summed E-state index contributed by atoms with van der Waals surface area (Å²) < 4.78 is 0. The van der Waals surface area contributed by atoms with Crippen LogP contribution in [-0.4, -0.2) is 12.6 Å². The molecule has 0 aliphatic carbocycles. The third kappa shape index (κ3) is 2.62. The van der Waals surface area contributed by atoms with Crippen molar-refractivity contribution >= 4 is 11.8 Å². The summed E-state index contributed by atoms with van der Waals surface area (Å²) in [7, 11) is 0. The average Bonchev–Trinajstić information content (AvgIpc) is 2.89. The van der Waals surface area contributed by atoms with Gasteiger partial charge < -0.3 is 4.90 Å². The molecule has 0 unspecified atom stereocenters. The van der Waals surface area contributed by atoms with Gasteiger partial charge in [0.2, 0.25) is 0 Å². The van der Waals surface area contributed by atoms with E-state index in [9.17, 15) is 0 Å². The van der Waals surface area contributed by atoms with Crippen LogP contribution in [0.4, 0.5) is 5.69 Å². The molecule has 2 aromatic rings. The lowest BCUT2D eigenvalue weighted by Crippen LogP contribution is -2.29. The van der Waals surface area contributed by atoms with Crippen molar-refractivity contribution in [3.63, 3.8) is 0 Å². The first-order valence-electron chi connectivity index (χ1n) is 7.33. The minimum atomic E-state index is 0.429. The monoisotopic (exact) mass is 263 g/mol. The van der Waals surface area contributed by atoms with Crippen LogP contribution in [0, 0.1) is 6.92 Å². The first kappa shape index (κ1) is 13.0. The molecule has 0 N–H and O–H groups in total. The number of fused-ring (bicyclic) bond motifs is 1. The second kappa shape index (κ2) is 5.54. The van der Waals surface area contributed by atoms with E-state index < -0.39 is 0 Å². The number of aryl methyl sites for hydroxylation is 1. The molecule has 0 bridgehead atoms. The molecule has 0 spiro atoms. The van der Waals surface area contributed by atoms with Crippen LogP contribution < -0.4 is 4.90 Å². The topological polar surface area (TPSA) is 3.24 Å². The van der Waals surface area contributed by atoms with Crippen molar-refractivity contribution in [1.29, 1.82) is 0 Å². The van der Waals surface area contributed by atoms with Crippen molar-refractivity contribution in [3.8, 4) is 0 Å². The Morgan fingerprint density at radius 3 is 2.70 bits per heavy atom. The number of nitrogens with zero attached hydrogens (tertiary/aromatic N) is 1. The van der Waals surface area contributed by atoms with Crippen molar-refractivity contribution in [2.75, 3.05) is 11.4 Å². The van der Waals surface area contributed by atoms with Gasteiger partial charge >= 0.3 is 0 Å². The number of rotatable bonds is 3. The van der Waals surface area contributed by atoms with Gasteiger partial charge in [0.05, 0.1) is 0 Å². The fourth-order valence-electron chi connectivity index (χ4n) is 2.86. The second-order valence-corrected chi connectivity index (χ2v) is 5.59. The molecule has 1 heteroatoms. The molecule has 0 radical (unpaired) electrons. The predicted molar refractivity (Wildman–Crippen MR) is 87.2 cm³/mol. The van der Waals surface area contributed by atoms with E-state index in [0.29, 0.717) is 6.04 Å². The van der Waals surface area contributed by atoms with E-state index in [4.69, 9.17) is 0 Å². The highest BCUT2D eigenvalue weighted by Gasteiger charge is 2.21. The van der Waals surface area contributed by atoms with Crippen LogP contribution >= 0.6 is 0 Å². The molecule has 20 heavy (non-hydrogen) atoms. The Kier molecular flexibility index (Phi) is 3.60. The molecular weight excluding hydrogens is 242 g/mol. The van der Waals surface area contributed by atoms with E-state index in [2.05, 4.69) is 79.4 Å². The zero-order valence-corrected chi connectivity index (χ0v) is 12.2. The summed E-state index contributed by atoms with van der Waals surface area (Å²) in [5.41, 5.74) is 5.50. The first-order valence-corrected chi connectivity index (χ1v) is 7.33. The van der Waals surface area contributed by atoms with Crippen molar-refractivity contribution in [2.45, 2.75) is 26.3 Å². The molecule has 0 amide bonds. The molecule has 1 aliphatic heterocycles. The summed E-state index contributed by atoms with van der Waals surface area (Å²) in [6.45, 7) is 5.57. The Bertz CT molecular complexity index is 613. The lowest BCUT2D eigenvalue weighted by Gasteiger charge is -2.25. The third-order valence-electron chi connectivity index (χ3n) is 4.03. The third-order valence-corrected chi connectivity index (χ3v) is 4.03. The van der Waals surface area contributed by atoms with E-state index in [1.54, 1.807) is 0 Å². The van der Waals surface area contributed by atoms with Gasteiger partial charge in [-0.1, -0.05) is 54.6 Å². The first-order chi connectivity index (χ1) is 9.74. The van der Waals surface area contributed by atoms with Crippen LogP contribution in [0.3, 0.4) is 0 Å². The molecule has 2 aromatic carbocycles. The Hall–Kier alpha value is -2.02. The number of benzene rings is 2. The maximum Gasteiger partial charge on any atom is 0.0448 e. The molecule has 0 saturated carbocycles. The van der Waals surface area contributed by atoms with Crippen LogP contribution in [0.25, 0.3) is 6.08 Å². The smallest absolute Gasteiger partial charge is 0.0448 e. The highest BCUT2D eigenvalue weighted by molar-refractivity contribution is 5.61. The van der Waals surface area contributed by atoms with Crippen molar-refractivity contribution in [2.24, 2.45) is 0 Å². The van der Waals surface area contributed by atoms with Gasteiger partial charge in [-0.05, 0) is 43.0 Å². The molecule has 102 valence electrons. The van der Waals surface area contributed by atoms with Gasteiger partial charge in [-0.3, -0.25) is 0 Å². The zero-order chi connectivity index (χ0) is 13.9. The fourth-order valence-corrected chi connectivity index (χ4v) is 2.86. The summed E-state index contributed by atoms with van der Waals surface area (Å²) in [6, 6.07) is 17.7. The summed E-state index contributed by atoms with van der Waals surface area (Å²) in [5, 5.41) is 0. The van der Waals surface area contributed by atoms with Crippen molar-refractivity contribution in [1.82, 2.24) is 0 Å². The van der Waals surface area contributed by atoms with Crippen molar-refractivity contribution < 1.29 is 0 Å². The van der Waals surface area contributed by atoms with Gasteiger partial charge in [0.15, 0.2) is 0 Å². The average molecular weight is 263 g/mol. The van der Waals surface area contributed by atoms with E-state index in [-0.39, 0.29) is 0 Å². The molecule has 0 saturated heterocycles.